The number of rotatable bonds is 4. The predicted octanol–water partition coefficient (Wildman–Crippen LogP) is 1.34. The van der Waals surface area contributed by atoms with E-state index < -0.39 is 6.09 Å². The van der Waals surface area contributed by atoms with Crippen LogP contribution >= 0.6 is 0 Å². The minimum atomic E-state index is -0.503. The van der Waals surface area contributed by atoms with Crippen LogP contribution in [0.3, 0.4) is 0 Å². The summed E-state index contributed by atoms with van der Waals surface area (Å²) in [5.41, 5.74) is 0. The van der Waals surface area contributed by atoms with Gasteiger partial charge in [0.2, 0.25) is 0 Å². The lowest BCUT2D eigenvalue weighted by Gasteiger charge is -2.02. The molecular weight excluding hydrogens is 186 g/mol. The van der Waals surface area contributed by atoms with Gasteiger partial charge < -0.3 is 14.5 Å². The van der Waals surface area contributed by atoms with E-state index in [1.165, 1.54) is 6.07 Å². The number of nitrogens with one attached hydrogen (secondary N) is 1. The Balaban J connectivity index is 2.37. The number of hydrogen-bond acceptors (Lipinski definition) is 4. The molecule has 0 saturated heterocycles. The predicted molar refractivity (Wildman–Crippen MR) is 48.0 cm³/mol. The van der Waals surface area contributed by atoms with Crippen molar-refractivity contribution < 1.29 is 18.7 Å². The van der Waals surface area contributed by atoms with E-state index in [1.807, 2.05) is 0 Å². The van der Waals surface area contributed by atoms with E-state index in [0.717, 1.165) is 0 Å². The largest absolute Gasteiger partial charge is 0.455 e. The normalized spacial score (nSPS) is 9.50. The van der Waals surface area contributed by atoms with Crippen molar-refractivity contribution in [1.82, 2.24) is 5.32 Å². The Hall–Kier alpha value is -1.78. The summed E-state index contributed by atoms with van der Waals surface area (Å²) in [4.78, 5) is 21.1. The fourth-order valence-corrected chi connectivity index (χ4v) is 0.867. The molecule has 1 amide bonds. The Morgan fingerprint density at radius 3 is 3.00 bits per heavy atom. The van der Waals surface area contributed by atoms with Crippen LogP contribution in [-0.4, -0.2) is 18.9 Å². The Labute approximate surface area is 81.0 Å². The molecule has 1 rings (SSSR count). The van der Waals surface area contributed by atoms with Crippen molar-refractivity contribution >= 4 is 12.4 Å². The summed E-state index contributed by atoms with van der Waals surface area (Å²) >= 11 is 0. The van der Waals surface area contributed by atoms with Crippen LogP contribution < -0.4 is 5.32 Å². The maximum Gasteiger partial charge on any atom is 0.407 e. The van der Waals surface area contributed by atoms with Crippen molar-refractivity contribution in [3.8, 4) is 0 Å². The first-order chi connectivity index (χ1) is 6.76. The standard InChI is InChI=1S/C9H11NO4/c1-2-10-9(12)13-6-8-4-3-7(5-11)14-8/h3-5H,2,6H2,1H3,(H,10,12). The van der Waals surface area contributed by atoms with Gasteiger partial charge in [0.15, 0.2) is 18.7 Å². The first-order valence-corrected chi connectivity index (χ1v) is 4.20. The molecule has 0 spiro atoms. The van der Waals surface area contributed by atoms with E-state index in [1.54, 1.807) is 13.0 Å². The van der Waals surface area contributed by atoms with Crippen LogP contribution in [0.2, 0.25) is 0 Å². The van der Waals surface area contributed by atoms with Gasteiger partial charge >= 0.3 is 6.09 Å². The summed E-state index contributed by atoms with van der Waals surface area (Å²) < 4.78 is 9.75. The maximum atomic E-state index is 10.8. The van der Waals surface area contributed by atoms with Crippen molar-refractivity contribution in [2.45, 2.75) is 13.5 Å². The second-order valence-corrected chi connectivity index (χ2v) is 2.53. The fourth-order valence-electron chi connectivity index (χ4n) is 0.867. The molecule has 0 aliphatic carbocycles. The number of amides is 1. The third-order valence-electron chi connectivity index (χ3n) is 1.47. The lowest BCUT2D eigenvalue weighted by atomic mass is 10.4. The summed E-state index contributed by atoms with van der Waals surface area (Å²) in [6.07, 6.45) is 0.0897. The van der Waals surface area contributed by atoms with Crippen molar-refractivity contribution in [2.24, 2.45) is 0 Å². The zero-order chi connectivity index (χ0) is 10.4. The Kier molecular flexibility index (Phi) is 3.72. The molecule has 1 N–H and O–H groups in total. The van der Waals surface area contributed by atoms with Crippen molar-refractivity contribution in [3.05, 3.63) is 23.7 Å². The second-order valence-electron chi connectivity index (χ2n) is 2.53. The van der Waals surface area contributed by atoms with Gasteiger partial charge in [-0.05, 0) is 19.1 Å². The third kappa shape index (κ3) is 2.93. The number of carbonyl (C=O) groups is 2. The van der Waals surface area contributed by atoms with Gasteiger partial charge in [0.25, 0.3) is 0 Å². The van der Waals surface area contributed by atoms with Crippen LogP contribution in [0.15, 0.2) is 16.5 Å². The molecule has 0 aliphatic heterocycles. The van der Waals surface area contributed by atoms with Gasteiger partial charge in [0, 0.05) is 6.54 Å². The van der Waals surface area contributed by atoms with E-state index in [0.29, 0.717) is 18.6 Å². The highest BCUT2D eigenvalue weighted by Gasteiger charge is 2.04. The van der Waals surface area contributed by atoms with Crippen LogP contribution in [0.1, 0.15) is 23.2 Å². The number of carbonyl (C=O) groups excluding carboxylic acids is 2. The van der Waals surface area contributed by atoms with Crippen molar-refractivity contribution in [1.29, 1.82) is 0 Å². The molecule has 14 heavy (non-hydrogen) atoms. The molecule has 1 aromatic heterocycles. The fraction of sp³-hybridized carbons (Fsp3) is 0.333. The lowest BCUT2D eigenvalue weighted by Crippen LogP contribution is -2.23. The Bertz CT molecular complexity index is 318. The summed E-state index contributed by atoms with van der Waals surface area (Å²) in [6, 6.07) is 3.10. The highest BCUT2D eigenvalue weighted by atomic mass is 16.6. The highest BCUT2D eigenvalue weighted by molar-refractivity contribution is 5.70. The van der Waals surface area contributed by atoms with Gasteiger partial charge in [-0.2, -0.15) is 0 Å². The molecule has 0 atom stereocenters. The molecule has 5 nitrogen and oxygen atoms in total. The van der Waals surface area contributed by atoms with Crippen LogP contribution in [0.4, 0.5) is 4.79 Å². The minimum Gasteiger partial charge on any atom is -0.455 e. The zero-order valence-electron chi connectivity index (χ0n) is 7.78. The first kappa shape index (κ1) is 10.3. The van der Waals surface area contributed by atoms with E-state index in [2.05, 4.69) is 5.32 Å². The van der Waals surface area contributed by atoms with Crippen molar-refractivity contribution in [3.63, 3.8) is 0 Å². The SMILES string of the molecule is CCNC(=O)OCc1ccc(C=O)o1. The van der Waals surface area contributed by atoms with E-state index in [-0.39, 0.29) is 12.4 Å². The van der Waals surface area contributed by atoms with Gasteiger partial charge in [-0.3, -0.25) is 4.79 Å². The summed E-state index contributed by atoms with van der Waals surface area (Å²) in [6.45, 7) is 2.33. The molecular formula is C9H11NO4. The molecule has 1 aromatic rings. The average molecular weight is 197 g/mol. The van der Waals surface area contributed by atoms with Crippen LogP contribution in [-0.2, 0) is 11.3 Å². The quantitative estimate of drug-likeness (QED) is 0.739. The Morgan fingerprint density at radius 1 is 1.64 bits per heavy atom. The average Bonchev–Trinajstić information content (AvgIpc) is 2.63. The van der Waals surface area contributed by atoms with Crippen LogP contribution in [0, 0.1) is 0 Å². The summed E-state index contributed by atoms with van der Waals surface area (Å²) in [7, 11) is 0. The molecule has 5 heteroatoms. The number of ether oxygens (including phenoxy) is 1. The van der Waals surface area contributed by atoms with Gasteiger partial charge in [0.1, 0.15) is 5.76 Å². The second kappa shape index (κ2) is 5.06. The number of hydrogen-bond donors (Lipinski definition) is 1. The van der Waals surface area contributed by atoms with Crippen LogP contribution in [0.25, 0.3) is 0 Å². The monoisotopic (exact) mass is 197 g/mol. The number of aldehydes is 1. The van der Waals surface area contributed by atoms with E-state index in [4.69, 9.17) is 9.15 Å². The minimum absolute atomic E-state index is 0.0275. The number of alkyl carbamates (subject to hydrolysis) is 1. The van der Waals surface area contributed by atoms with E-state index >= 15 is 0 Å². The number of furan rings is 1. The molecule has 0 saturated carbocycles. The maximum absolute atomic E-state index is 10.8. The molecule has 0 aliphatic rings. The van der Waals surface area contributed by atoms with Crippen molar-refractivity contribution in [2.75, 3.05) is 6.54 Å². The zero-order valence-corrected chi connectivity index (χ0v) is 7.78. The van der Waals surface area contributed by atoms with Gasteiger partial charge in [-0.25, -0.2) is 4.79 Å². The summed E-state index contributed by atoms with van der Waals surface area (Å²) in [5.74, 6) is 0.665. The lowest BCUT2D eigenvalue weighted by molar-refractivity contribution is 0.109. The first-order valence-electron chi connectivity index (χ1n) is 4.20. The molecule has 0 aromatic carbocycles. The Morgan fingerprint density at radius 2 is 2.43 bits per heavy atom. The molecule has 0 unspecified atom stereocenters. The van der Waals surface area contributed by atoms with Gasteiger partial charge in [-0.15, -0.1) is 0 Å². The molecule has 0 radical (unpaired) electrons. The topological polar surface area (TPSA) is 68.5 Å². The molecule has 0 bridgehead atoms. The molecule has 1 heterocycles. The molecule has 76 valence electrons. The summed E-state index contributed by atoms with van der Waals surface area (Å²) in [5, 5.41) is 2.46. The third-order valence-corrected chi connectivity index (χ3v) is 1.47. The van der Waals surface area contributed by atoms with Gasteiger partial charge in [0.05, 0.1) is 0 Å². The van der Waals surface area contributed by atoms with Crippen LogP contribution in [0.5, 0.6) is 0 Å². The van der Waals surface area contributed by atoms with E-state index in [9.17, 15) is 9.59 Å². The highest BCUT2D eigenvalue weighted by Crippen LogP contribution is 2.06. The smallest absolute Gasteiger partial charge is 0.407 e. The molecule has 0 fully saturated rings. The van der Waals surface area contributed by atoms with Gasteiger partial charge in [-0.1, -0.05) is 0 Å².